The number of hydrogen-bond donors (Lipinski definition) is 1. The second kappa shape index (κ2) is 8.48. The molecule has 0 fully saturated rings. The third kappa shape index (κ3) is 6.99. The maximum atomic E-state index is 8.44. The lowest BCUT2D eigenvalue weighted by Crippen LogP contribution is -2.20. The Morgan fingerprint density at radius 2 is 1.85 bits per heavy atom. The van der Waals surface area contributed by atoms with Crippen LogP contribution in [0.3, 0.4) is 0 Å². The van der Waals surface area contributed by atoms with Gasteiger partial charge in [-0.25, -0.2) is 0 Å². The molecule has 2 atom stereocenters. The van der Waals surface area contributed by atoms with Crippen LogP contribution in [0.1, 0.15) is 27.2 Å². The van der Waals surface area contributed by atoms with Crippen LogP contribution in [-0.4, -0.2) is 37.6 Å². The molecule has 0 aliphatic heterocycles. The standard InChI is InChI=1S/C10H22O3/c1-4-9(2)10(3)13-8-7-12-6-5-11/h9-11H,4-8H2,1-3H3/t9-,10+/m1/s1. The maximum Gasteiger partial charge on any atom is 0.0704 e. The van der Waals surface area contributed by atoms with E-state index in [1.807, 2.05) is 0 Å². The van der Waals surface area contributed by atoms with Crippen LogP contribution in [0.2, 0.25) is 0 Å². The quantitative estimate of drug-likeness (QED) is 0.589. The van der Waals surface area contributed by atoms with Gasteiger partial charge in [0.15, 0.2) is 0 Å². The molecule has 0 bridgehead atoms. The van der Waals surface area contributed by atoms with Crippen molar-refractivity contribution >= 4 is 0 Å². The zero-order chi connectivity index (χ0) is 10.1. The van der Waals surface area contributed by atoms with Gasteiger partial charge in [-0.1, -0.05) is 20.3 Å². The average molecular weight is 190 g/mol. The van der Waals surface area contributed by atoms with Gasteiger partial charge in [0, 0.05) is 0 Å². The van der Waals surface area contributed by atoms with E-state index in [0.29, 0.717) is 31.8 Å². The summed E-state index contributed by atoms with van der Waals surface area (Å²) in [6.07, 6.45) is 1.43. The zero-order valence-corrected chi connectivity index (χ0v) is 8.95. The van der Waals surface area contributed by atoms with Crippen molar-refractivity contribution in [3.8, 4) is 0 Å². The molecule has 0 unspecified atom stereocenters. The van der Waals surface area contributed by atoms with E-state index in [1.54, 1.807) is 0 Å². The first-order valence-electron chi connectivity index (χ1n) is 5.02. The van der Waals surface area contributed by atoms with Crippen LogP contribution >= 0.6 is 0 Å². The lowest BCUT2D eigenvalue weighted by molar-refractivity contribution is -0.0152. The van der Waals surface area contributed by atoms with Crippen LogP contribution in [-0.2, 0) is 9.47 Å². The molecule has 3 nitrogen and oxygen atoms in total. The van der Waals surface area contributed by atoms with Crippen LogP contribution < -0.4 is 0 Å². The SMILES string of the molecule is CC[C@@H](C)[C@H](C)OCCOCCO. The summed E-state index contributed by atoms with van der Waals surface area (Å²) in [5, 5.41) is 8.44. The van der Waals surface area contributed by atoms with Gasteiger partial charge in [0.1, 0.15) is 0 Å². The Hall–Kier alpha value is -0.120. The molecule has 0 aromatic rings. The van der Waals surface area contributed by atoms with E-state index >= 15 is 0 Å². The summed E-state index contributed by atoms with van der Waals surface area (Å²) < 4.78 is 10.6. The Kier molecular flexibility index (Phi) is 8.40. The van der Waals surface area contributed by atoms with Crippen molar-refractivity contribution in [2.24, 2.45) is 5.92 Å². The summed E-state index contributed by atoms with van der Waals surface area (Å²) in [5.41, 5.74) is 0. The minimum absolute atomic E-state index is 0.0842. The predicted octanol–water partition coefficient (Wildman–Crippen LogP) is 1.45. The Morgan fingerprint density at radius 3 is 2.38 bits per heavy atom. The minimum atomic E-state index is 0.0842. The Morgan fingerprint density at radius 1 is 1.15 bits per heavy atom. The van der Waals surface area contributed by atoms with Gasteiger partial charge in [-0.3, -0.25) is 0 Å². The van der Waals surface area contributed by atoms with Crippen molar-refractivity contribution in [1.82, 2.24) is 0 Å². The number of aliphatic hydroxyl groups is 1. The highest BCUT2D eigenvalue weighted by molar-refractivity contribution is 4.58. The van der Waals surface area contributed by atoms with Crippen molar-refractivity contribution < 1.29 is 14.6 Å². The monoisotopic (exact) mass is 190 g/mol. The lowest BCUT2D eigenvalue weighted by Gasteiger charge is -2.18. The molecule has 0 aliphatic rings. The van der Waals surface area contributed by atoms with E-state index in [9.17, 15) is 0 Å². The molecule has 0 aliphatic carbocycles. The molecule has 0 spiro atoms. The fraction of sp³-hybridized carbons (Fsp3) is 1.00. The van der Waals surface area contributed by atoms with Gasteiger partial charge in [0.2, 0.25) is 0 Å². The molecule has 3 heteroatoms. The summed E-state index contributed by atoms with van der Waals surface area (Å²) in [7, 11) is 0. The maximum absolute atomic E-state index is 8.44. The van der Waals surface area contributed by atoms with E-state index in [-0.39, 0.29) is 6.61 Å². The van der Waals surface area contributed by atoms with Crippen LogP contribution in [0.5, 0.6) is 0 Å². The number of aliphatic hydroxyl groups excluding tert-OH is 1. The first-order valence-corrected chi connectivity index (χ1v) is 5.02. The molecule has 0 saturated heterocycles. The van der Waals surface area contributed by atoms with E-state index in [2.05, 4.69) is 20.8 Å². The molecule has 0 aromatic carbocycles. The summed E-state index contributed by atoms with van der Waals surface area (Å²) >= 11 is 0. The highest BCUT2D eigenvalue weighted by Crippen LogP contribution is 2.09. The van der Waals surface area contributed by atoms with Gasteiger partial charge in [-0.05, 0) is 12.8 Å². The Bertz CT molecular complexity index is 106. The first-order chi connectivity index (χ1) is 6.22. The molecule has 0 heterocycles. The van der Waals surface area contributed by atoms with Gasteiger partial charge >= 0.3 is 0 Å². The van der Waals surface area contributed by atoms with Gasteiger partial charge in [-0.15, -0.1) is 0 Å². The van der Waals surface area contributed by atoms with E-state index < -0.39 is 0 Å². The first kappa shape index (κ1) is 12.9. The van der Waals surface area contributed by atoms with Gasteiger partial charge < -0.3 is 14.6 Å². The molecule has 0 saturated carbocycles. The molecular formula is C10H22O3. The average Bonchev–Trinajstić information content (AvgIpc) is 2.16. The summed E-state index contributed by atoms with van der Waals surface area (Å²) in [4.78, 5) is 0. The van der Waals surface area contributed by atoms with E-state index in [1.165, 1.54) is 0 Å². The minimum Gasteiger partial charge on any atom is -0.394 e. The van der Waals surface area contributed by atoms with Crippen molar-refractivity contribution in [2.75, 3.05) is 26.4 Å². The van der Waals surface area contributed by atoms with Crippen LogP contribution in [0.15, 0.2) is 0 Å². The van der Waals surface area contributed by atoms with Crippen LogP contribution in [0.4, 0.5) is 0 Å². The molecule has 0 rings (SSSR count). The number of hydrogen-bond acceptors (Lipinski definition) is 3. The van der Waals surface area contributed by atoms with Crippen molar-refractivity contribution in [3.63, 3.8) is 0 Å². The van der Waals surface area contributed by atoms with E-state index in [0.717, 1.165) is 6.42 Å². The normalized spacial score (nSPS) is 15.7. The molecular weight excluding hydrogens is 168 g/mol. The van der Waals surface area contributed by atoms with Gasteiger partial charge in [-0.2, -0.15) is 0 Å². The Balaban J connectivity index is 3.21. The third-order valence-electron chi connectivity index (χ3n) is 2.29. The molecule has 13 heavy (non-hydrogen) atoms. The topological polar surface area (TPSA) is 38.7 Å². The number of ether oxygens (including phenoxy) is 2. The van der Waals surface area contributed by atoms with Gasteiger partial charge in [0.05, 0.1) is 32.5 Å². The van der Waals surface area contributed by atoms with Crippen molar-refractivity contribution in [3.05, 3.63) is 0 Å². The van der Waals surface area contributed by atoms with Gasteiger partial charge in [0.25, 0.3) is 0 Å². The number of rotatable bonds is 8. The molecule has 0 aromatic heterocycles. The second-order valence-corrected chi connectivity index (χ2v) is 3.30. The smallest absolute Gasteiger partial charge is 0.0704 e. The lowest BCUT2D eigenvalue weighted by atomic mass is 10.0. The zero-order valence-electron chi connectivity index (χ0n) is 8.95. The highest BCUT2D eigenvalue weighted by Gasteiger charge is 2.09. The molecule has 0 amide bonds. The molecule has 80 valence electrons. The molecule has 0 radical (unpaired) electrons. The van der Waals surface area contributed by atoms with E-state index in [4.69, 9.17) is 14.6 Å². The summed E-state index contributed by atoms with van der Waals surface area (Å²) in [6.45, 7) is 8.10. The van der Waals surface area contributed by atoms with Crippen LogP contribution in [0, 0.1) is 5.92 Å². The third-order valence-corrected chi connectivity index (χ3v) is 2.29. The second-order valence-electron chi connectivity index (χ2n) is 3.30. The summed E-state index contributed by atoms with van der Waals surface area (Å²) in [6, 6.07) is 0. The summed E-state index contributed by atoms with van der Waals surface area (Å²) in [5.74, 6) is 0.595. The van der Waals surface area contributed by atoms with Crippen LogP contribution in [0.25, 0.3) is 0 Å². The largest absolute Gasteiger partial charge is 0.394 e. The van der Waals surface area contributed by atoms with Crippen molar-refractivity contribution in [2.45, 2.75) is 33.3 Å². The Labute approximate surface area is 81.0 Å². The highest BCUT2D eigenvalue weighted by atomic mass is 16.5. The predicted molar refractivity (Wildman–Crippen MR) is 52.8 cm³/mol. The molecule has 1 N–H and O–H groups in total. The fourth-order valence-corrected chi connectivity index (χ4v) is 0.956. The fourth-order valence-electron chi connectivity index (χ4n) is 0.956. The van der Waals surface area contributed by atoms with Crippen molar-refractivity contribution in [1.29, 1.82) is 0 Å².